The van der Waals surface area contributed by atoms with Gasteiger partial charge in [0, 0.05) is 16.5 Å². The molecule has 0 fully saturated rings. The van der Waals surface area contributed by atoms with Crippen LogP contribution >= 0.6 is 0 Å². The summed E-state index contributed by atoms with van der Waals surface area (Å²) in [7, 11) is 0. The smallest absolute Gasteiger partial charge is 0.270 e. The van der Waals surface area contributed by atoms with Crippen LogP contribution in [0.15, 0.2) is 65.3 Å². The number of aromatic amines is 1. The Hall–Kier alpha value is -3.80. The highest BCUT2D eigenvalue weighted by atomic mass is 16.3. The van der Waals surface area contributed by atoms with Crippen molar-refractivity contribution in [2.24, 2.45) is 0 Å². The third kappa shape index (κ3) is 3.91. The average Bonchev–Trinajstić information content (AvgIpc) is 3.34. The van der Waals surface area contributed by atoms with Gasteiger partial charge in [-0.2, -0.15) is 0 Å². The Morgan fingerprint density at radius 3 is 2.55 bits per heavy atom. The second-order valence-electron chi connectivity index (χ2n) is 7.01. The van der Waals surface area contributed by atoms with Gasteiger partial charge in [0.15, 0.2) is 0 Å². The van der Waals surface area contributed by atoms with Crippen LogP contribution in [0.2, 0.25) is 0 Å². The van der Waals surface area contributed by atoms with Gasteiger partial charge < -0.3 is 20.0 Å². The lowest BCUT2D eigenvalue weighted by Crippen LogP contribution is -2.24. The molecule has 0 saturated carbocycles. The van der Waals surface area contributed by atoms with Crippen molar-refractivity contribution >= 4 is 28.4 Å². The summed E-state index contributed by atoms with van der Waals surface area (Å²) in [5.74, 6) is 0.0571. The van der Waals surface area contributed by atoms with Crippen LogP contribution in [0.3, 0.4) is 0 Å². The number of hydrogen-bond acceptors (Lipinski definition) is 3. The van der Waals surface area contributed by atoms with Crippen LogP contribution in [-0.4, -0.2) is 16.8 Å². The average molecular weight is 387 g/mol. The highest BCUT2D eigenvalue weighted by Crippen LogP contribution is 2.29. The van der Waals surface area contributed by atoms with Crippen molar-refractivity contribution in [2.75, 3.05) is 5.32 Å². The van der Waals surface area contributed by atoms with E-state index in [1.165, 1.54) is 0 Å². The fraction of sp³-hybridized carbons (Fsp3) is 0.130. The molecule has 0 aliphatic carbocycles. The molecule has 2 aromatic carbocycles. The summed E-state index contributed by atoms with van der Waals surface area (Å²) in [5.41, 5.74) is 4.10. The molecule has 0 atom stereocenters. The van der Waals surface area contributed by atoms with E-state index < -0.39 is 0 Å². The minimum absolute atomic E-state index is 0.255. The fourth-order valence-corrected chi connectivity index (χ4v) is 3.25. The molecule has 0 spiro atoms. The first kappa shape index (κ1) is 18.6. The van der Waals surface area contributed by atoms with Crippen molar-refractivity contribution in [1.82, 2.24) is 10.3 Å². The van der Waals surface area contributed by atoms with E-state index in [1.54, 1.807) is 24.5 Å². The van der Waals surface area contributed by atoms with Crippen molar-refractivity contribution in [3.05, 3.63) is 89.0 Å². The first-order valence-corrected chi connectivity index (χ1v) is 9.32. The topological polar surface area (TPSA) is 87.1 Å². The lowest BCUT2D eigenvalue weighted by molar-refractivity contribution is 0.0945. The predicted molar refractivity (Wildman–Crippen MR) is 112 cm³/mol. The van der Waals surface area contributed by atoms with Crippen molar-refractivity contribution in [2.45, 2.75) is 20.4 Å². The van der Waals surface area contributed by atoms with Crippen molar-refractivity contribution < 1.29 is 14.0 Å². The standard InChI is InChI=1S/C23H21N3O3/c1-14-5-3-6-16(11-14)22(27)26-20-18-12-15(2)8-9-19(18)25-21(20)23(28)24-13-17-7-4-10-29-17/h3-12,25H,13H2,1-2H3,(H,24,28)(H,26,27). The zero-order valence-corrected chi connectivity index (χ0v) is 16.2. The van der Waals surface area contributed by atoms with E-state index in [0.717, 1.165) is 22.0 Å². The maximum Gasteiger partial charge on any atom is 0.270 e. The molecule has 29 heavy (non-hydrogen) atoms. The molecule has 0 bridgehead atoms. The molecule has 2 aromatic heterocycles. The van der Waals surface area contributed by atoms with Crippen molar-refractivity contribution in [3.8, 4) is 0 Å². The Morgan fingerprint density at radius 1 is 0.966 bits per heavy atom. The summed E-state index contributed by atoms with van der Waals surface area (Å²) in [6.07, 6.45) is 1.56. The molecule has 6 heteroatoms. The molecule has 3 N–H and O–H groups in total. The fourth-order valence-electron chi connectivity index (χ4n) is 3.25. The van der Waals surface area contributed by atoms with Gasteiger partial charge >= 0.3 is 0 Å². The van der Waals surface area contributed by atoms with Crippen LogP contribution in [0.4, 0.5) is 5.69 Å². The van der Waals surface area contributed by atoms with Gasteiger partial charge in [-0.15, -0.1) is 0 Å². The van der Waals surface area contributed by atoms with Crippen LogP contribution in [0.5, 0.6) is 0 Å². The molecule has 0 unspecified atom stereocenters. The summed E-state index contributed by atoms with van der Waals surface area (Å²) < 4.78 is 5.26. The van der Waals surface area contributed by atoms with Crippen LogP contribution in [0.25, 0.3) is 10.9 Å². The Morgan fingerprint density at radius 2 is 1.79 bits per heavy atom. The number of anilines is 1. The lowest BCUT2D eigenvalue weighted by atomic mass is 10.1. The second kappa shape index (κ2) is 7.67. The maximum absolute atomic E-state index is 12.9. The zero-order valence-electron chi connectivity index (χ0n) is 16.2. The summed E-state index contributed by atoms with van der Waals surface area (Å²) in [6, 6.07) is 16.7. The molecule has 2 amide bonds. The van der Waals surface area contributed by atoms with E-state index in [-0.39, 0.29) is 18.4 Å². The number of furan rings is 1. The van der Waals surface area contributed by atoms with Crippen LogP contribution < -0.4 is 10.6 Å². The summed E-state index contributed by atoms with van der Waals surface area (Å²) in [6.45, 7) is 4.15. The molecule has 6 nitrogen and oxygen atoms in total. The minimum atomic E-state index is -0.324. The van der Waals surface area contributed by atoms with Gasteiger partial charge in [-0.05, 0) is 50.2 Å². The molecule has 0 radical (unpaired) electrons. The molecule has 0 saturated heterocycles. The molecule has 0 aliphatic heterocycles. The van der Waals surface area contributed by atoms with Gasteiger partial charge in [0.2, 0.25) is 0 Å². The first-order valence-electron chi connectivity index (χ1n) is 9.32. The van der Waals surface area contributed by atoms with Crippen LogP contribution in [0.1, 0.15) is 37.7 Å². The third-order valence-electron chi connectivity index (χ3n) is 4.70. The van der Waals surface area contributed by atoms with E-state index in [0.29, 0.717) is 22.7 Å². The number of carbonyl (C=O) groups is 2. The minimum Gasteiger partial charge on any atom is -0.467 e. The van der Waals surface area contributed by atoms with Gasteiger partial charge in [-0.25, -0.2) is 0 Å². The molecule has 0 aliphatic rings. The number of amides is 2. The molecule has 4 rings (SSSR count). The monoisotopic (exact) mass is 387 g/mol. The summed E-state index contributed by atoms with van der Waals surface area (Å²) >= 11 is 0. The Bertz CT molecular complexity index is 1190. The van der Waals surface area contributed by atoms with Gasteiger partial charge in [0.05, 0.1) is 18.5 Å². The van der Waals surface area contributed by atoms with E-state index in [2.05, 4.69) is 15.6 Å². The number of hydrogen-bond donors (Lipinski definition) is 3. The summed E-state index contributed by atoms with van der Waals surface area (Å²) in [4.78, 5) is 28.8. The van der Waals surface area contributed by atoms with Gasteiger partial charge in [-0.3, -0.25) is 9.59 Å². The number of nitrogens with one attached hydrogen (secondary N) is 3. The van der Waals surface area contributed by atoms with Gasteiger partial charge in [0.1, 0.15) is 11.5 Å². The van der Waals surface area contributed by atoms with Crippen LogP contribution in [0, 0.1) is 13.8 Å². The number of aryl methyl sites for hydroxylation is 2. The van der Waals surface area contributed by atoms with Crippen molar-refractivity contribution in [3.63, 3.8) is 0 Å². The first-order chi connectivity index (χ1) is 14.0. The van der Waals surface area contributed by atoms with E-state index in [4.69, 9.17) is 4.42 Å². The van der Waals surface area contributed by atoms with Crippen LogP contribution in [-0.2, 0) is 6.54 Å². The molecular weight excluding hydrogens is 366 g/mol. The Kier molecular flexibility index (Phi) is 4.91. The lowest BCUT2D eigenvalue weighted by Gasteiger charge is -2.09. The highest BCUT2D eigenvalue weighted by Gasteiger charge is 2.20. The Balaban J connectivity index is 1.68. The number of rotatable bonds is 5. The molecule has 4 aromatic rings. The maximum atomic E-state index is 12.9. The van der Waals surface area contributed by atoms with Gasteiger partial charge in [0.25, 0.3) is 11.8 Å². The van der Waals surface area contributed by atoms with Crippen molar-refractivity contribution in [1.29, 1.82) is 0 Å². The highest BCUT2D eigenvalue weighted by molar-refractivity contribution is 6.15. The normalized spacial score (nSPS) is 10.8. The quantitative estimate of drug-likeness (QED) is 0.469. The van der Waals surface area contributed by atoms with E-state index in [9.17, 15) is 9.59 Å². The number of carbonyl (C=O) groups excluding carboxylic acids is 2. The largest absolute Gasteiger partial charge is 0.467 e. The van der Waals surface area contributed by atoms with Gasteiger partial charge in [-0.1, -0.05) is 29.3 Å². The predicted octanol–water partition coefficient (Wildman–Crippen LogP) is 4.56. The molecule has 146 valence electrons. The molecule has 2 heterocycles. The SMILES string of the molecule is Cc1cccc(C(=O)Nc2c(C(=O)NCc3ccco3)[nH]c3ccc(C)cc23)c1. The number of fused-ring (bicyclic) bond motifs is 1. The number of aromatic nitrogens is 1. The second-order valence-corrected chi connectivity index (χ2v) is 7.01. The number of H-pyrrole nitrogens is 1. The molecular formula is C23H21N3O3. The number of benzene rings is 2. The zero-order chi connectivity index (χ0) is 20.4. The summed E-state index contributed by atoms with van der Waals surface area (Å²) in [5, 5.41) is 6.53. The van der Waals surface area contributed by atoms with E-state index >= 15 is 0 Å². The third-order valence-corrected chi connectivity index (χ3v) is 4.70. The van der Waals surface area contributed by atoms with E-state index in [1.807, 2.05) is 50.2 Å². The Labute approximate surface area is 167 Å².